The molecule has 0 saturated heterocycles. The summed E-state index contributed by atoms with van der Waals surface area (Å²) in [6.07, 6.45) is 10.8. The summed E-state index contributed by atoms with van der Waals surface area (Å²) in [5.41, 5.74) is 1.82. The van der Waals surface area contributed by atoms with E-state index in [0.29, 0.717) is 34.9 Å². The molecule has 0 aliphatic heterocycles. The van der Waals surface area contributed by atoms with Gasteiger partial charge in [0.25, 0.3) is 0 Å². The van der Waals surface area contributed by atoms with Crippen molar-refractivity contribution < 1.29 is 14.7 Å². The number of allylic oxidation sites excluding steroid dienone is 2. The summed E-state index contributed by atoms with van der Waals surface area (Å²) in [6.45, 7) is 15.6. The molecule has 5 rings (SSSR count). The fourth-order valence-electron chi connectivity index (χ4n) is 11.1. The molecule has 5 saturated carbocycles. The second-order valence-electron chi connectivity index (χ2n) is 14.3. The SMILES string of the molecule is CC(C)=CC(=O)CC(C)C1C(O)CC2(C)C3CCC4C(C)(C)C(=O)CCC45CC35CCC12C. The standard InChI is InChI=1S/C30H46O3/c1-18(2)14-20(31)15-19(3)25-21(32)16-28(7)23-9-8-22-26(4,5)24(33)10-11-29(22)17-30(23,29)13-12-27(25,28)6/h14,19,21-23,25,32H,8-13,15-17H2,1-7H3. The molecular weight excluding hydrogens is 408 g/mol. The minimum atomic E-state index is -0.318. The topological polar surface area (TPSA) is 54.4 Å². The summed E-state index contributed by atoms with van der Waals surface area (Å²) in [4.78, 5) is 25.5. The van der Waals surface area contributed by atoms with Crippen molar-refractivity contribution in [3.8, 4) is 0 Å². The molecule has 0 radical (unpaired) electrons. The third-order valence-corrected chi connectivity index (χ3v) is 12.5. The van der Waals surface area contributed by atoms with Crippen molar-refractivity contribution in [2.75, 3.05) is 0 Å². The molecule has 1 N–H and O–H groups in total. The van der Waals surface area contributed by atoms with E-state index in [-0.39, 0.29) is 40.0 Å². The lowest BCUT2D eigenvalue weighted by atomic mass is 9.42. The number of fused-ring (bicyclic) bond motifs is 2. The van der Waals surface area contributed by atoms with E-state index >= 15 is 0 Å². The van der Waals surface area contributed by atoms with Crippen LogP contribution in [0.5, 0.6) is 0 Å². The first kappa shape index (κ1) is 23.8. The molecule has 0 aromatic carbocycles. The fourth-order valence-corrected chi connectivity index (χ4v) is 11.1. The molecule has 0 amide bonds. The van der Waals surface area contributed by atoms with E-state index in [9.17, 15) is 14.7 Å². The summed E-state index contributed by atoms with van der Waals surface area (Å²) < 4.78 is 0. The zero-order valence-corrected chi connectivity index (χ0v) is 22.1. The second-order valence-corrected chi connectivity index (χ2v) is 14.3. The van der Waals surface area contributed by atoms with Crippen LogP contribution in [-0.4, -0.2) is 22.8 Å². The Hall–Kier alpha value is -0.960. The predicted octanol–water partition coefficient (Wildman–Crippen LogP) is 6.53. The van der Waals surface area contributed by atoms with Gasteiger partial charge < -0.3 is 5.11 Å². The van der Waals surface area contributed by atoms with Crippen molar-refractivity contribution in [3.05, 3.63) is 11.6 Å². The lowest BCUT2D eigenvalue weighted by Gasteiger charge is -2.62. The van der Waals surface area contributed by atoms with Crippen LogP contribution >= 0.6 is 0 Å². The molecule has 0 heterocycles. The van der Waals surface area contributed by atoms with Crippen LogP contribution in [0.4, 0.5) is 0 Å². The molecule has 9 atom stereocenters. The Morgan fingerprint density at radius 2 is 1.67 bits per heavy atom. The summed E-state index contributed by atoms with van der Waals surface area (Å²) in [5, 5.41) is 11.5. The van der Waals surface area contributed by atoms with Crippen LogP contribution in [0.1, 0.15) is 106 Å². The third kappa shape index (κ3) is 2.84. The average molecular weight is 455 g/mol. The van der Waals surface area contributed by atoms with Gasteiger partial charge in [-0.05, 0) is 110 Å². The van der Waals surface area contributed by atoms with Crippen LogP contribution in [0, 0.1) is 50.7 Å². The molecule has 9 unspecified atom stereocenters. The number of rotatable bonds is 4. The van der Waals surface area contributed by atoms with Gasteiger partial charge in [-0.1, -0.05) is 40.2 Å². The Morgan fingerprint density at radius 1 is 1.03 bits per heavy atom. The number of hydrogen-bond acceptors (Lipinski definition) is 3. The highest BCUT2D eigenvalue weighted by Crippen LogP contribution is 2.88. The van der Waals surface area contributed by atoms with E-state index in [4.69, 9.17) is 0 Å². The van der Waals surface area contributed by atoms with Crippen molar-refractivity contribution in [3.63, 3.8) is 0 Å². The third-order valence-electron chi connectivity index (χ3n) is 12.5. The van der Waals surface area contributed by atoms with Crippen molar-refractivity contribution in [1.29, 1.82) is 0 Å². The van der Waals surface area contributed by atoms with Crippen LogP contribution in [0.2, 0.25) is 0 Å². The first-order valence-electron chi connectivity index (χ1n) is 13.6. The zero-order valence-electron chi connectivity index (χ0n) is 22.1. The minimum absolute atomic E-state index is 0.0730. The smallest absolute Gasteiger partial charge is 0.155 e. The monoisotopic (exact) mass is 454 g/mol. The highest BCUT2D eigenvalue weighted by Gasteiger charge is 2.82. The van der Waals surface area contributed by atoms with E-state index in [2.05, 4.69) is 34.6 Å². The van der Waals surface area contributed by atoms with Gasteiger partial charge in [-0.15, -0.1) is 0 Å². The quantitative estimate of drug-likeness (QED) is 0.492. The Balaban J connectivity index is 1.45. The molecule has 0 bridgehead atoms. The van der Waals surface area contributed by atoms with Gasteiger partial charge in [-0.25, -0.2) is 0 Å². The molecule has 33 heavy (non-hydrogen) atoms. The Labute approximate surface area is 201 Å². The van der Waals surface area contributed by atoms with Gasteiger partial charge >= 0.3 is 0 Å². The van der Waals surface area contributed by atoms with Crippen LogP contribution < -0.4 is 0 Å². The number of hydrogen-bond donors (Lipinski definition) is 1. The fraction of sp³-hybridized carbons (Fsp3) is 0.867. The van der Waals surface area contributed by atoms with Gasteiger partial charge in [0.1, 0.15) is 5.78 Å². The van der Waals surface area contributed by atoms with E-state index in [1.165, 1.54) is 25.7 Å². The second kappa shape index (κ2) is 7.05. The molecule has 0 aromatic rings. The molecule has 2 spiro atoms. The lowest BCUT2D eigenvalue weighted by molar-refractivity contribution is -0.157. The summed E-state index contributed by atoms with van der Waals surface area (Å²) in [7, 11) is 0. The van der Waals surface area contributed by atoms with Crippen molar-refractivity contribution in [2.24, 2.45) is 50.7 Å². The van der Waals surface area contributed by atoms with Crippen LogP contribution in [0.15, 0.2) is 11.6 Å². The molecule has 184 valence electrons. The Bertz CT molecular complexity index is 912. The van der Waals surface area contributed by atoms with Gasteiger partial charge in [0.05, 0.1) is 6.10 Å². The number of aliphatic hydroxyl groups excluding tert-OH is 1. The van der Waals surface area contributed by atoms with Gasteiger partial charge in [0.15, 0.2) is 5.78 Å². The number of carbonyl (C=O) groups is 2. The molecule has 3 heteroatoms. The first-order valence-corrected chi connectivity index (χ1v) is 13.6. The lowest BCUT2D eigenvalue weighted by Crippen LogP contribution is -2.57. The molecule has 0 aromatic heterocycles. The largest absolute Gasteiger partial charge is 0.393 e. The van der Waals surface area contributed by atoms with Crippen molar-refractivity contribution >= 4 is 11.6 Å². The van der Waals surface area contributed by atoms with Crippen LogP contribution in [0.3, 0.4) is 0 Å². The maximum Gasteiger partial charge on any atom is 0.155 e. The number of carbonyl (C=O) groups excluding carboxylic acids is 2. The van der Waals surface area contributed by atoms with Gasteiger partial charge in [-0.2, -0.15) is 0 Å². The van der Waals surface area contributed by atoms with E-state index in [0.717, 1.165) is 31.3 Å². The Kier molecular flexibility index (Phi) is 5.08. The number of aliphatic hydroxyl groups is 1. The van der Waals surface area contributed by atoms with E-state index in [1.807, 2.05) is 13.8 Å². The predicted molar refractivity (Wildman–Crippen MR) is 131 cm³/mol. The van der Waals surface area contributed by atoms with Crippen LogP contribution in [-0.2, 0) is 9.59 Å². The maximum absolute atomic E-state index is 12.8. The van der Waals surface area contributed by atoms with Crippen LogP contribution in [0.25, 0.3) is 0 Å². The number of Topliss-reactive ketones (excluding diaryl/α,β-unsaturated/α-hetero) is 1. The minimum Gasteiger partial charge on any atom is -0.393 e. The van der Waals surface area contributed by atoms with Gasteiger partial charge in [-0.3, -0.25) is 9.59 Å². The zero-order chi connectivity index (χ0) is 24.2. The molecule has 5 aliphatic carbocycles. The molecule has 3 nitrogen and oxygen atoms in total. The molecular formula is C30H46O3. The van der Waals surface area contributed by atoms with Crippen molar-refractivity contribution in [2.45, 2.75) is 112 Å². The average Bonchev–Trinajstić information content (AvgIpc) is 3.30. The maximum atomic E-state index is 12.8. The molecule has 5 fully saturated rings. The highest BCUT2D eigenvalue weighted by atomic mass is 16.3. The summed E-state index contributed by atoms with van der Waals surface area (Å²) in [5.74, 6) is 2.25. The van der Waals surface area contributed by atoms with E-state index in [1.54, 1.807) is 6.08 Å². The van der Waals surface area contributed by atoms with E-state index < -0.39 is 0 Å². The van der Waals surface area contributed by atoms with Crippen molar-refractivity contribution in [1.82, 2.24) is 0 Å². The van der Waals surface area contributed by atoms with Gasteiger partial charge in [0.2, 0.25) is 0 Å². The molecule has 5 aliphatic rings. The number of ketones is 2. The summed E-state index contributed by atoms with van der Waals surface area (Å²) in [6, 6.07) is 0. The first-order chi connectivity index (χ1) is 15.3. The highest BCUT2D eigenvalue weighted by molar-refractivity contribution is 5.90. The summed E-state index contributed by atoms with van der Waals surface area (Å²) >= 11 is 0. The van der Waals surface area contributed by atoms with Gasteiger partial charge in [0, 0.05) is 18.3 Å². The Morgan fingerprint density at radius 3 is 2.33 bits per heavy atom. The normalized spacial score (nSPS) is 50.4.